The molecule has 1 aliphatic rings. The zero-order valence-electron chi connectivity index (χ0n) is 9.69. The molecule has 2 nitrogen and oxygen atoms in total. The van der Waals surface area contributed by atoms with E-state index in [1.165, 1.54) is 30.6 Å². The van der Waals surface area contributed by atoms with Gasteiger partial charge >= 0.3 is 0 Å². The van der Waals surface area contributed by atoms with Gasteiger partial charge in [0.15, 0.2) is 0 Å². The van der Waals surface area contributed by atoms with Crippen molar-refractivity contribution in [2.45, 2.75) is 38.1 Å². The van der Waals surface area contributed by atoms with Gasteiger partial charge in [0.2, 0.25) is 0 Å². The van der Waals surface area contributed by atoms with E-state index in [4.69, 9.17) is 0 Å². The van der Waals surface area contributed by atoms with E-state index in [1.807, 2.05) is 0 Å². The van der Waals surface area contributed by atoms with Crippen molar-refractivity contribution in [1.82, 2.24) is 5.32 Å². The van der Waals surface area contributed by atoms with Crippen molar-refractivity contribution in [3.8, 4) is 0 Å². The second kappa shape index (κ2) is 6.38. The Morgan fingerprint density at radius 3 is 2.88 bits per heavy atom. The number of hydrogen-bond donors (Lipinski definition) is 2. The summed E-state index contributed by atoms with van der Waals surface area (Å²) < 4.78 is 0. The molecule has 0 saturated heterocycles. The second-order valence-electron chi connectivity index (χ2n) is 4.72. The summed E-state index contributed by atoms with van der Waals surface area (Å²) >= 11 is 1.79. The summed E-state index contributed by atoms with van der Waals surface area (Å²) in [6, 6.07) is 4.94. The van der Waals surface area contributed by atoms with Gasteiger partial charge in [-0.05, 0) is 36.6 Å². The standard InChI is InChI=1S/C13H21NOS/c15-10-11(8-13-6-3-7-16-13)9-14-12-4-1-2-5-12/h3,6-7,11-12,14-15H,1-2,4-5,8-10H2/t11-/m1/s1. The normalized spacial score (nSPS) is 19.1. The van der Waals surface area contributed by atoms with Gasteiger partial charge in [-0.15, -0.1) is 11.3 Å². The molecule has 1 atom stereocenters. The van der Waals surface area contributed by atoms with E-state index < -0.39 is 0 Å². The van der Waals surface area contributed by atoms with Gasteiger partial charge in [0.25, 0.3) is 0 Å². The third kappa shape index (κ3) is 3.58. The number of thiophene rings is 1. The van der Waals surface area contributed by atoms with E-state index >= 15 is 0 Å². The van der Waals surface area contributed by atoms with Gasteiger partial charge in [-0.25, -0.2) is 0 Å². The van der Waals surface area contributed by atoms with Gasteiger partial charge in [0.05, 0.1) is 0 Å². The van der Waals surface area contributed by atoms with Crippen LogP contribution in [0.4, 0.5) is 0 Å². The number of nitrogens with one attached hydrogen (secondary N) is 1. The van der Waals surface area contributed by atoms with Gasteiger partial charge in [0.1, 0.15) is 0 Å². The quantitative estimate of drug-likeness (QED) is 0.799. The minimum absolute atomic E-state index is 0.289. The number of hydrogen-bond acceptors (Lipinski definition) is 3. The Morgan fingerprint density at radius 2 is 2.25 bits per heavy atom. The van der Waals surface area contributed by atoms with Gasteiger partial charge in [-0.2, -0.15) is 0 Å². The van der Waals surface area contributed by atoms with Crippen LogP contribution in [0.2, 0.25) is 0 Å². The molecule has 0 spiro atoms. The summed E-state index contributed by atoms with van der Waals surface area (Å²) in [5.74, 6) is 0.374. The molecule has 0 bridgehead atoms. The molecule has 1 aromatic heterocycles. The Labute approximate surface area is 102 Å². The van der Waals surface area contributed by atoms with Gasteiger partial charge < -0.3 is 10.4 Å². The van der Waals surface area contributed by atoms with Crippen molar-refractivity contribution in [2.24, 2.45) is 5.92 Å². The van der Waals surface area contributed by atoms with E-state index in [9.17, 15) is 5.11 Å². The summed E-state index contributed by atoms with van der Waals surface area (Å²) in [6.45, 7) is 1.25. The molecule has 1 fully saturated rings. The van der Waals surface area contributed by atoms with E-state index in [2.05, 4.69) is 22.8 Å². The zero-order chi connectivity index (χ0) is 11.2. The largest absolute Gasteiger partial charge is 0.396 e. The van der Waals surface area contributed by atoms with Crippen LogP contribution in [0.3, 0.4) is 0 Å². The lowest BCUT2D eigenvalue weighted by Crippen LogP contribution is -2.33. The highest BCUT2D eigenvalue weighted by atomic mass is 32.1. The molecule has 2 rings (SSSR count). The third-order valence-corrected chi connectivity index (χ3v) is 4.28. The number of rotatable bonds is 6. The predicted octanol–water partition coefficient (Wildman–Crippen LogP) is 2.43. The predicted molar refractivity (Wildman–Crippen MR) is 68.9 cm³/mol. The minimum atomic E-state index is 0.289. The summed E-state index contributed by atoms with van der Waals surface area (Å²) in [5.41, 5.74) is 0. The molecule has 0 amide bonds. The highest BCUT2D eigenvalue weighted by Gasteiger charge is 2.16. The van der Waals surface area contributed by atoms with Crippen molar-refractivity contribution in [3.63, 3.8) is 0 Å². The molecule has 1 aromatic rings. The minimum Gasteiger partial charge on any atom is -0.396 e. The molecule has 0 radical (unpaired) electrons. The average Bonchev–Trinajstić information content (AvgIpc) is 2.97. The topological polar surface area (TPSA) is 32.3 Å². The maximum Gasteiger partial charge on any atom is 0.0474 e. The first-order chi connectivity index (χ1) is 7.88. The Balaban J connectivity index is 1.72. The zero-order valence-corrected chi connectivity index (χ0v) is 10.5. The molecule has 16 heavy (non-hydrogen) atoms. The fourth-order valence-electron chi connectivity index (χ4n) is 2.38. The summed E-state index contributed by atoms with van der Waals surface area (Å²) in [5, 5.41) is 15.1. The first-order valence-electron chi connectivity index (χ1n) is 6.25. The van der Waals surface area contributed by atoms with Crippen LogP contribution >= 0.6 is 11.3 Å². The van der Waals surface area contributed by atoms with Crippen molar-refractivity contribution < 1.29 is 5.11 Å². The SMILES string of the molecule is OC[C@@H](CNC1CCCC1)Cc1cccs1. The molecular weight excluding hydrogens is 218 g/mol. The van der Waals surface area contributed by atoms with Crippen molar-refractivity contribution in [3.05, 3.63) is 22.4 Å². The molecule has 90 valence electrons. The monoisotopic (exact) mass is 239 g/mol. The van der Waals surface area contributed by atoms with E-state index in [0.29, 0.717) is 12.0 Å². The van der Waals surface area contributed by atoms with Crippen LogP contribution < -0.4 is 5.32 Å². The first kappa shape index (κ1) is 12.1. The van der Waals surface area contributed by atoms with E-state index in [0.717, 1.165) is 13.0 Å². The third-order valence-electron chi connectivity index (χ3n) is 3.38. The average molecular weight is 239 g/mol. The van der Waals surface area contributed by atoms with Crippen LogP contribution in [0.25, 0.3) is 0 Å². The lowest BCUT2D eigenvalue weighted by atomic mass is 10.1. The van der Waals surface area contributed by atoms with Gasteiger partial charge in [-0.1, -0.05) is 18.9 Å². The first-order valence-corrected chi connectivity index (χ1v) is 7.13. The van der Waals surface area contributed by atoms with Crippen molar-refractivity contribution in [1.29, 1.82) is 0 Å². The van der Waals surface area contributed by atoms with Crippen LogP contribution in [0.15, 0.2) is 17.5 Å². The van der Waals surface area contributed by atoms with Crippen molar-refractivity contribution in [2.75, 3.05) is 13.2 Å². The maximum absolute atomic E-state index is 9.36. The molecule has 3 heteroatoms. The van der Waals surface area contributed by atoms with Crippen LogP contribution in [0, 0.1) is 5.92 Å². The van der Waals surface area contributed by atoms with Crippen LogP contribution in [-0.2, 0) is 6.42 Å². The Hall–Kier alpha value is -0.380. The van der Waals surface area contributed by atoms with Crippen LogP contribution in [0.1, 0.15) is 30.6 Å². The second-order valence-corrected chi connectivity index (χ2v) is 5.75. The smallest absolute Gasteiger partial charge is 0.0474 e. The summed E-state index contributed by atoms with van der Waals surface area (Å²) in [4.78, 5) is 1.38. The maximum atomic E-state index is 9.36. The van der Waals surface area contributed by atoms with Crippen LogP contribution in [0.5, 0.6) is 0 Å². The molecule has 1 heterocycles. The summed E-state index contributed by atoms with van der Waals surface area (Å²) in [7, 11) is 0. The van der Waals surface area contributed by atoms with Crippen LogP contribution in [-0.4, -0.2) is 24.3 Å². The molecule has 0 unspecified atom stereocenters. The fraction of sp³-hybridized carbons (Fsp3) is 0.692. The Bertz CT molecular complexity index is 280. The Kier molecular flexibility index (Phi) is 4.82. The highest BCUT2D eigenvalue weighted by molar-refractivity contribution is 7.09. The molecule has 2 N–H and O–H groups in total. The lowest BCUT2D eigenvalue weighted by Gasteiger charge is -2.18. The molecular formula is C13H21NOS. The van der Waals surface area contributed by atoms with Gasteiger partial charge in [0, 0.05) is 24.1 Å². The lowest BCUT2D eigenvalue weighted by molar-refractivity contribution is 0.218. The van der Waals surface area contributed by atoms with E-state index in [-0.39, 0.29) is 6.61 Å². The Morgan fingerprint density at radius 1 is 1.44 bits per heavy atom. The number of aliphatic hydroxyl groups is 1. The van der Waals surface area contributed by atoms with E-state index in [1.54, 1.807) is 11.3 Å². The molecule has 0 aromatic carbocycles. The molecule has 1 saturated carbocycles. The number of aliphatic hydroxyl groups excluding tert-OH is 1. The molecule has 1 aliphatic carbocycles. The molecule has 0 aliphatic heterocycles. The summed E-state index contributed by atoms with van der Waals surface area (Å²) in [6.07, 6.45) is 6.38. The van der Waals surface area contributed by atoms with Gasteiger partial charge in [-0.3, -0.25) is 0 Å². The van der Waals surface area contributed by atoms with Crippen molar-refractivity contribution >= 4 is 11.3 Å². The highest BCUT2D eigenvalue weighted by Crippen LogP contribution is 2.19. The fourth-order valence-corrected chi connectivity index (χ4v) is 3.20.